The van der Waals surface area contributed by atoms with Gasteiger partial charge in [-0.25, -0.2) is 0 Å². The smallest absolute Gasteiger partial charge is 0.0590 e. The van der Waals surface area contributed by atoms with Gasteiger partial charge in [0.15, 0.2) is 0 Å². The predicted molar refractivity (Wildman–Crippen MR) is 71.3 cm³/mol. The first-order valence-electron chi connectivity index (χ1n) is 5.33. The van der Waals surface area contributed by atoms with Crippen LogP contribution in [0.4, 0.5) is 0 Å². The van der Waals surface area contributed by atoms with Gasteiger partial charge < -0.3 is 5.73 Å². The molecule has 0 aliphatic rings. The van der Waals surface area contributed by atoms with Crippen LogP contribution in [0.15, 0.2) is 15.9 Å². The van der Waals surface area contributed by atoms with E-state index in [1.165, 1.54) is 4.88 Å². The molecular weight excluding hydrogens is 272 g/mol. The van der Waals surface area contributed by atoms with Gasteiger partial charge in [0.1, 0.15) is 0 Å². The summed E-state index contributed by atoms with van der Waals surface area (Å²) in [5, 5.41) is 2.12. The monoisotopic (exact) mass is 290 g/mol. The van der Waals surface area contributed by atoms with E-state index in [0.29, 0.717) is 6.04 Å². The molecule has 1 heterocycles. The van der Waals surface area contributed by atoms with Crippen molar-refractivity contribution in [2.75, 3.05) is 13.1 Å². The molecule has 0 bridgehead atoms. The maximum atomic E-state index is 6.08. The van der Waals surface area contributed by atoms with Crippen molar-refractivity contribution in [2.45, 2.75) is 32.9 Å². The topological polar surface area (TPSA) is 29.3 Å². The molecule has 86 valence electrons. The van der Waals surface area contributed by atoms with E-state index in [-0.39, 0.29) is 6.04 Å². The average molecular weight is 291 g/mol. The first-order chi connectivity index (χ1) is 7.10. The third-order valence-electron chi connectivity index (χ3n) is 2.58. The van der Waals surface area contributed by atoms with Gasteiger partial charge in [-0.1, -0.05) is 13.8 Å². The quantitative estimate of drug-likeness (QED) is 0.902. The van der Waals surface area contributed by atoms with Crippen molar-refractivity contribution in [1.29, 1.82) is 0 Å². The van der Waals surface area contributed by atoms with Crippen LogP contribution in [0.1, 0.15) is 31.7 Å². The van der Waals surface area contributed by atoms with Crippen LogP contribution in [0.3, 0.4) is 0 Å². The van der Waals surface area contributed by atoms with Crippen LogP contribution in [-0.2, 0) is 0 Å². The lowest BCUT2D eigenvalue weighted by Gasteiger charge is -2.31. The summed E-state index contributed by atoms with van der Waals surface area (Å²) in [5.74, 6) is 0. The molecule has 2 unspecified atom stereocenters. The van der Waals surface area contributed by atoms with Gasteiger partial charge in [-0.05, 0) is 42.0 Å². The van der Waals surface area contributed by atoms with Gasteiger partial charge in [-0.3, -0.25) is 4.90 Å². The minimum absolute atomic E-state index is 0.162. The first kappa shape index (κ1) is 13.2. The zero-order chi connectivity index (χ0) is 11.4. The van der Waals surface area contributed by atoms with E-state index in [1.54, 1.807) is 11.3 Å². The van der Waals surface area contributed by atoms with Gasteiger partial charge in [-0.2, -0.15) is 0 Å². The molecule has 0 aromatic carbocycles. The molecule has 15 heavy (non-hydrogen) atoms. The Balaban J connectivity index is 2.91. The maximum Gasteiger partial charge on any atom is 0.0590 e. The highest BCUT2D eigenvalue weighted by atomic mass is 79.9. The number of hydrogen-bond donors (Lipinski definition) is 1. The highest BCUT2D eigenvalue weighted by molar-refractivity contribution is 9.10. The van der Waals surface area contributed by atoms with Gasteiger partial charge in [0, 0.05) is 20.8 Å². The van der Waals surface area contributed by atoms with Crippen LogP contribution >= 0.6 is 27.3 Å². The molecule has 0 aliphatic carbocycles. The van der Waals surface area contributed by atoms with Gasteiger partial charge in [0.05, 0.1) is 6.04 Å². The summed E-state index contributed by atoms with van der Waals surface area (Å²) in [7, 11) is 0. The predicted octanol–water partition coefficient (Wildman–Crippen LogP) is 3.24. The molecule has 0 amide bonds. The van der Waals surface area contributed by atoms with E-state index in [9.17, 15) is 0 Å². The molecule has 0 saturated carbocycles. The van der Waals surface area contributed by atoms with E-state index >= 15 is 0 Å². The second kappa shape index (κ2) is 5.99. The standard InChI is InChI=1S/C11H19BrN2S/c1-4-14(5-2)11(8(3)13)10-6-9(12)7-15-10/h6-8,11H,4-5,13H2,1-3H3. The number of nitrogens with two attached hydrogens (primary N) is 1. The fourth-order valence-corrected chi connectivity index (χ4v) is 3.57. The van der Waals surface area contributed by atoms with Crippen LogP contribution in [0, 0.1) is 0 Å². The molecule has 1 aromatic heterocycles. The highest BCUT2D eigenvalue weighted by Crippen LogP contribution is 2.31. The van der Waals surface area contributed by atoms with Crippen LogP contribution < -0.4 is 5.73 Å². The second-order valence-corrected chi connectivity index (χ2v) is 5.55. The average Bonchev–Trinajstić information content (AvgIpc) is 2.59. The van der Waals surface area contributed by atoms with Crippen molar-refractivity contribution < 1.29 is 0 Å². The SMILES string of the molecule is CCN(CC)C(c1cc(Br)cs1)C(C)N. The molecule has 0 fully saturated rings. The Bertz CT molecular complexity index is 295. The van der Waals surface area contributed by atoms with E-state index in [1.807, 2.05) is 0 Å². The van der Waals surface area contributed by atoms with Crippen molar-refractivity contribution in [1.82, 2.24) is 4.90 Å². The lowest BCUT2D eigenvalue weighted by Crippen LogP contribution is -2.38. The Morgan fingerprint density at radius 2 is 2.07 bits per heavy atom. The molecule has 0 spiro atoms. The van der Waals surface area contributed by atoms with Crippen molar-refractivity contribution >= 4 is 27.3 Å². The summed E-state index contributed by atoms with van der Waals surface area (Å²) in [6, 6.07) is 2.68. The Morgan fingerprint density at radius 1 is 1.47 bits per heavy atom. The van der Waals surface area contributed by atoms with Gasteiger partial charge in [0.25, 0.3) is 0 Å². The molecule has 1 rings (SSSR count). The normalized spacial score (nSPS) is 15.6. The van der Waals surface area contributed by atoms with E-state index in [0.717, 1.165) is 17.6 Å². The fourth-order valence-electron chi connectivity index (χ4n) is 1.87. The zero-order valence-electron chi connectivity index (χ0n) is 9.53. The third kappa shape index (κ3) is 3.28. The van der Waals surface area contributed by atoms with Crippen molar-refractivity contribution in [2.24, 2.45) is 5.73 Å². The van der Waals surface area contributed by atoms with Crippen LogP contribution in [0.2, 0.25) is 0 Å². The van der Waals surface area contributed by atoms with E-state index < -0.39 is 0 Å². The zero-order valence-corrected chi connectivity index (χ0v) is 11.9. The van der Waals surface area contributed by atoms with E-state index in [4.69, 9.17) is 5.73 Å². The molecular formula is C11H19BrN2S. The van der Waals surface area contributed by atoms with E-state index in [2.05, 4.69) is 53.0 Å². The van der Waals surface area contributed by atoms with Crippen LogP contribution in [0.25, 0.3) is 0 Å². The van der Waals surface area contributed by atoms with Crippen LogP contribution in [0.5, 0.6) is 0 Å². The molecule has 1 aromatic rings. The summed E-state index contributed by atoms with van der Waals surface area (Å²) >= 11 is 5.27. The van der Waals surface area contributed by atoms with Crippen LogP contribution in [-0.4, -0.2) is 24.0 Å². The summed E-state index contributed by atoms with van der Waals surface area (Å²) in [6.45, 7) is 8.52. The number of likely N-dealkylation sites (N-methyl/N-ethyl adjacent to an activating group) is 1. The van der Waals surface area contributed by atoms with Crippen molar-refractivity contribution in [3.8, 4) is 0 Å². The molecule has 2 nitrogen and oxygen atoms in total. The molecule has 2 N–H and O–H groups in total. The summed E-state index contributed by atoms with van der Waals surface area (Å²) in [6.07, 6.45) is 0. The number of halogens is 1. The molecule has 0 saturated heterocycles. The summed E-state index contributed by atoms with van der Waals surface area (Å²) < 4.78 is 1.15. The van der Waals surface area contributed by atoms with Gasteiger partial charge in [0.2, 0.25) is 0 Å². The molecule has 0 aliphatic heterocycles. The Hall–Kier alpha value is 0.1000. The largest absolute Gasteiger partial charge is 0.326 e. The Morgan fingerprint density at radius 3 is 2.40 bits per heavy atom. The number of thiophene rings is 1. The molecule has 2 atom stereocenters. The fraction of sp³-hybridized carbons (Fsp3) is 0.636. The molecule has 0 radical (unpaired) electrons. The lowest BCUT2D eigenvalue weighted by molar-refractivity contribution is 0.198. The lowest BCUT2D eigenvalue weighted by atomic mass is 10.1. The van der Waals surface area contributed by atoms with Gasteiger partial charge >= 0.3 is 0 Å². The Labute approximate surface area is 105 Å². The van der Waals surface area contributed by atoms with Crippen molar-refractivity contribution in [3.05, 3.63) is 20.8 Å². The summed E-state index contributed by atoms with van der Waals surface area (Å²) in [5.41, 5.74) is 6.08. The third-order valence-corrected chi connectivity index (χ3v) is 4.35. The summed E-state index contributed by atoms with van der Waals surface area (Å²) in [4.78, 5) is 3.75. The molecule has 4 heteroatoms. The number of rotatable bonds is 5. The maximum absolute atomic E-state index is 6.08. The minimum atomic E-state index is 0.162. The highest BCUT2D eigenvalue weighted by Gasteiger charge is 2.23. The number of nitrogens with zero attached hydrogens (tertiary/aromatic N) is 1. The number of hydrogen-bond acceptors (Lipinski definition) is 3. The minimum Gasteiger partial charge on any atom is -0.326 e. The first-order valence-corrected chi connectivity index (χ1v) is 7.01. The second-order valence-electron chi connectivity index (χ2n) is 3.69. The van der Waals surface area contributed by atoms with Gasteiger partial charge in [-0.15, -0.1) is 11.3 Å². The van der Waals surface area contributed by atoms with Crippen molar-refractivity contribution in [3.63, 3.8) is 0 Å². The Kier molecular flexibility index (Phi) is 5.26.